The second-order valence-electron chi connectivity index (χ2n) is 26.6. The Morgan fingerprint density at radius 2 is 0.697 bits per heavy atom. The van der Waals surface area contributed by atoms with Gasteiger partial charge in [-0.1, -0.05) is 354 Å². The third kappa shape index (κ3) is 72.4. The van der Waals surface area contributed by atoms with E-state index in [1.807, 2.05) is 27.2 Å². The van der Waals surface area contributed by atoms with E-state index in [1.165, 1.54) is 238 Å². The van der Waals surface area contributed by atoms with Crippen LogP contribution in [-0.2, 0) is 18.4 Å². The van der Waals surface area contributed by atoms with Gasteiger partial charge in [-0.15, -0.1) is 0 Å². The number of carbonyl (C=O) groups excluding carboxylic acids is 1. The molecule has 0 saturated heterocycles. The quantitative estimate of drug-likeness (QED) is 0.0272. The van der Waals surface area contributed by atoms with Crippen LogP contribution in [0.4, 0.5) is 0 Å². The van der Waals surface area contributed by atoms with Crippen molar-refractivity contribution in [2.75, 3.05) is 40.9 Å². The van der Waals surface area contributed by atoms with Crippen LogP contribution in [0.3, 0.4) is 0 Å². The number of allylic oxidation sites excluding steroid dienone is 17. The van der Waals surface area contributed by atoms with Crippen LogP contribution in [0.5, 0.6) is 0 Å². The zero-order chi connectivity index (χ0) is 64.8. The number of nitrogens with one attached hydrogen (secondary N) is 1. The van der Waals surface area contributed by atoms with Gasteiger partial charge in [0.25, 0.3) is 7.82 Å². The highest BCUT2D eigenvalue weighted by molar-refractivity contribution is 7.45. The number of phosphoric ester groups is 1. The Labute approximate surface area is 552 Å². The SMILES string of the molecule is CC/C=C\C/C=C\C/C=C\C/C=C\C/C=C\C/C=C\C/C=C\CCCCCCCCCCCCCCCCCCCCCC(=O)NC(COP(=O)([O-])OCC[N+](C)(C)C)C(O)/C=C/CC/C=C/CCCCCCCCCCCCCCCCCCCCCC. The van der Waals surface area contributed by atoms with Crippen molar-refractivity contribution >= 4 is 13.7 Å². The van der Waals surface area contributed by atoms with Gasteiger partial charge in [-0.25, -0.2) is 0 Å². The van der Waals surface area contributed by atoms with E-state index in [0.717, 1.165) is 83.5 Å². The summed E-state index contributed by atoms with van der Waals surface area (Å²) in [4.78, 5) is 25.7. The van der Waals surface area contributed by atoms with E-state index in [2.05, 4.69) is 116 Å². The van der Waals surface area contributed by atoms with Crippen molar-refractivity contribution in [1.82, 2.24) is 5.32 Å². The molecule has 0 radical (unpaired) electrons. The van der Waals surface area contributed by atoms with Crippen molar-refractivity contribution in [2.24, 2.45) is 0 Å². The number of carbonyl (C=O) groups is 1. The Bertz CT molecular complexity index is 1820. The molecule has 1 amide bonds. The smallest absolute Gasteiger partial charge is 0.268 e. The van der Waals surface area contributed by atoms with E-state index in [4.69, 9.17) is 9.05 Å². The van der Waals surface area contributed by atoms with Gasteiger partial charge in [0.2, 0.25) is 5.91 Å². The van der Waals surface area contributed by atoms with Gasteiger partial charge in [-0.05, 0) is 89.9 Å². The van der Waals surface area contributed by atoms with Gasteiger partial charge in [-0.3, -0.25) is 9.36 Å². The summed E-state index contributed by atoms with van der Waals surface area (Å²) < 4.78 is 23.5. The molecule has 8 nitrogen and oxygen atoms in total. The van der Waals surface area contributed by atoms with E-state index in [-0.39, 0.29) is 12.5 Å². The molecule has 0 aromatic heterocycles. The Morgan fingerprint density at radius 3 is 1.04 bits per heavy atom. The molecule has 0 aromatic carbocycles. The number of likely N-dealkylation sites (N-methyl/N-ethyl adjacent to an activating group) is 1. The van der Waals surface area contributed by atoms with Crippen LogP contribution < -0.4 is 10.2 Å². The van der Waals surface area contributed by atoms with Crippen LogP contribution >= 0.6 is 7.82 Å². The Hall–Kier alpha value is -2.84. The number of nitrogens with zero attached hydrogens (tertiary/aromatic N) is 1. The van der Waals surface area contributed by atoms with Crippen molar-refractivity contribution in [1.29, 1.82) is 0 Å². The second kappa shape index (κ2) is 69.5. The maximum absolute atomic E-state index is 13.1. The summed E-state index contributed by atoms with van der Waals surface area (Å²) in [6.45, 7) is 4.55. The minimum Gasteiger partial charge on any atom is -0.756 e. The minimum atomic E-state index is -4.62. The van der Waals surface area contributed by atoms with Crippen LogP contribution in [-0.4, -0.2) is 68.5 Å². The molecule has 3 atom stereocenters. The number of hydrogen-bond donors (Lipinski definition) is 2. The van der Waals surface area contributed by atoms with Gasteiger partial charge in [-0.2, -0.15) is 0 Å². The van der Waals surface area contributed by atoms with Crippen molar-refractivity contribution in [2.45, 2.75) is 353 Å². The summed E-state index contributed by atoms with van der Waals surface area (Å²) in [5.41, 5.74) is 0. The van der Waals surface area contributed by atoms with Crippen molar-refractivity contribution in [3.63, 3.8) is 0 Å². The first-order valence-corrected chi connectivity index (χ1v) is 39.2. The Kier molecular flexibility index (Phi) is 67.3. The predicted molar refractivity (Wildman–Crippen MR) is 389 cm³/mol. The molecule has 0 bridgehead atoms. The van der Waals surface area contributed by atoms with Gasteiger partial charge < -0.3 is 28.8 Å². The van der Waals surface area contributed by atoms with Crippen LogP contribution in [0.2, 0.25) is 0 Å². The fraction of sp³-hybridized carbons (Fsp3) is 0.762. The molecule has 0 aliphatic carbocycles. The van der Waals surface area contributed by atoms with Gasteiger partial charge in [0.05, 0.1) is 39.9 Å². The lowest BCUT2D eigenvalue weighted by atomic mass is 10.0. The number of aliphatic hydroxyl groups excluding tert-OH is 1. The number of aliphatic hydroxyl groups is 1. The van der Waals surface area contributed by atoms with E-state index in [9.17, 15) is 19.4 Å². The number of phosphoric acid groups is 1. The molecule has 0 spiro atoms. The van der Waals surface area contributed by atoms with Gasteiger partial charge in [0, 0.05) is 6.42 Å². The number of rotatable bonds is 69. The Morgan fingerprint density at radius 1 is 0.404 bits per heavy atom. The van der Waals surface area contributed by atoms with Crippen LogP contribution in [0, 0.1) is 0 Å². The summed E-state index contributed by atoms with van der Waals surface area (Å²) in [6, 6.07) is -0.909. The molecular formula is C80H145N2O6P. The lowest BCUT2D eigenvalue weighted by Crippen LogP contribution is -2.45. The van der Waals surface area contributed by atoms with Crippen LogP contribution in [0.15, 0.2) is 109 Å². The molecule has 0 saturated carbocycles. The highest BCUT2D eigenvalue weighted by Gasteiger charge is 2.23. The zero-order valence-electron chi connectivity index (χ0n) is 59.1. The predicted octanol–water partition coefficient (Wildman–Crippen LogP) is 24.0. The first kappa shape index (κ1) is 86.2. The molecule has 516 valence electrons. The molecule has 9 heteroatoms. The Balaban J connectivity index is 4.02. The molecule has 89 heavy (non-hydrogen) atoms. The van der Waals surface area contributed by atoms with Crippen LogP contribution in [0.25, 0.3) is 0 Å². The average molecular weight is 1260 g/mol. The molecule has 0 aliphatic rings. The summed E-state index contributed by atoms with van der Waals surface area (Å²) in [5.74, 6) is -0.204. The highest BCUT2D eigenvalue weighted by atomic mass is 31.2. The van der Waals surface area contributed by atoms with Crippen LogP contribution in [0.1, 0.15) is 341 Å². The maximum Gasteiger partial charge on any atom is 0.268 e. The average Bonchev–Trinajstić information content (AvgIpc) is 3.61. The summed E-state index contributed by atoms with van der Waals surface area (Å²) in [7, 11) is 1.25. The fourth-order valence-corrected chi connectivity index (χ4v) is 11.6. The first-order valence-electron chi connectivity index (χ1n) is 37.7. The normalized spacial score (nSPS) is 14.2. The van der Waals surface area contributed by atoms with Gasteiger partial charge in [0.15, 0.2) is 0 Å². The van der Waals surface area contributed by atoms with Gasteiger partial charge in [0.1, 0.15) is 13.2 Å². The lowest BCUT2D eigenvalue weighted by Gasteiger charge is -2.29. The van der Waals surface area contributed by atoms with Crippen molar-refractivity contribution < 1.29 is 32.9 Å². The zero-order valence-corrected chi connectivity index (χ0v) is 60.0. The molecular weight excluding hydrogens is 1120 g/mol. The molecule has 0 fully saturated rings. The highest BCUT2D eigenvalue weighted by Crippen LogP contribution is 2.38. The third-order valence-electron chi connectivity index (χ3n) is 16.7. The van der Waals surface area contributed by atoms with E-state index in [0.29, 0.717) is 17.4 Å². The number of unbranched alkanes of at least 4 members (excludes halogenated alkanes) is 40. The largest absolute Gasteiger partial charge is 0.756 e. The number of amides is 1. The fourth-order valence-electron chi connectivity index (χ4n) is 10.9. The van der Waals surface area contributed by atoms with E-state index >= 15 is 0 Å². The summed E-state index contributed by atoms with van der Waals surface area (Å²) in [6.07, 6.45) is 102. The molecule has 0 aliphatic heterocycles. The second-order valence-corrected chi connectivity index (χ2v) is 28.0. The number of quaternary nitrogens is 1. The molecule has 0 heterocycles. The first-order chi connectivity index (χ1) is 43.5. The van der Waals surface area contributed by atoms with E-state index in [1.54, 1.807) is 6.08 Å². The third-order valence-corrected chi connectivity index (χ3v) is 17.7. The lowest BCUT2D eigenvalue weighted by molar-refractivity contribution is -0.870. The van der Waals surface area contributed by atoms with E-state index < -0.39 is 26.6 Å². The molecule has 2 N–H and O–H groups in total. The summed E-state index contributed by atoms with van der Waals surface area (Å²) >= 11 is 0. The number of hydrogen-bond acceptors (Lipinski definition) is 6. The monoisotopic (exact) mass is 1260 g/mol. The van der Waals surface area contributed by atoms with Crippen molar-refractivity contribution in [3.8, 4) is 0 Å². The standard InChI is InChI=1S/C80H145N2O6P/c1-6-8-10-12-14-16-18-20-22-24-26-28-30-32-34-35-36-37-38-39-40-41-42-43-44-45-46-47-48-50-52-54-56-58-60-62-64-66-68-70-72-74-80(84)81-78(77-88-89(85,86)87-76-75-82(3,4)5)79(83)73-71-69-67-65-63-61-59-57-55-53-51-49-33-31-29-27-25-23-21-19-17-15-13-11-9-7-2/h8,10,14,16,20,22,26,28,32,34,36-37,39-40,63,65,71,73,78-79,83H,6-7,9,11-13,15,17-19,21,23-25,27,29-31,33,35,38,41-62,64,66-70,72,74-77H2,1-5H3,(H-,81,84,85,86)/b10-8-,16-14-,22-20-,28-26-,34-32-,37-36-,40-39-,65-63+,73-71+. The van der Waals surface area contributed by atoms with Crippen molar-refractivity contribution in [3.05, 3.63) is 109 Å². The molecule has 3 unspecified atom stereocenters. The van der Waals surface area contributed by atoms with Gasteiger partial charge >= 0.3 is 0 Å². The molecule has 0 rings (SSSR count). The minimum absolute atomic E-state index is 0.00812. The maximum atomic E-state index is 13.1. The topological polar surface area (TPSA) is 108 Å². The molecule has 0 aromatic rings. The summed E-state index contributed by atoms with van der Waals surface area (Å²) in [5, 5.41) is 14.0.